The molecule has 0 saturated carbocycles. The lowest BCUT2D eigenvalue weighted by atomic mass is 9.98. The van der Waals surface area contributed by atoms with Crippen LogP contribution in [-0.4, -0.2) is 4.98 Å². The predicted octanol–water partition coefficient (Wildman–Crippen LogP) is 4.45. The molecule has 3 aromatic rings. The van der Waals surface area contributed by atoms with Gasteiger partial charge < -0.3 is 4.98 Å². The number of hydrogen-bond donors (Lipinski definition) is 1. The van der Waals surface area contributed by atoms with E-state index in [0.717, 1.165) is 0 Å². The van der Waals surface area contributed by atoms with Crippen molar-refractivity contribution in [1.29, 1.82) is 0 Å². The van der Waals surface area contributed by atoms with E-state index in [1.807, 2.05) is 0 Å². The van der Waals surface area contributed by atoms with Crippen LogP contribution in [-0.2, 0) is 0 Å². The minimum Gasteiger partial charge on any atom is -0.358 e. The number of aryl methyl sites for hydroxylation is 2. The molecule has 0 fully saturated rings. The Morgan fingerprint density at radius 2 is 1.53 bits per heavy atom. The van der Waals surface area contributed by atoms with Gasteiger partial charge in [-0.2, -0.15) is 0 Å². The summed E-state index contributed by atoms with van der Waals surface area (Å²) in [7, 11) is 0. The molecule has 0 atom stereocenters. The molecule has 1 heterocycles. The number of fused-ring (bicyclic) bond motifs is 1. The number of aromatic amines is 1. The van der Waals surface area contributed by atoms with Crippen molar-refractivity contribution >= 4 is 10.9 Å². The van der Waals surface area contributed by atoms with Gasteiger partial charge in [0.25, 0.3) is 0 Å². The fourth-order valence-electron chi connectivity index (χ4n) is 2.48. The molecule has 0 aliphatic heterocycles. The van der Waals surface area contributed by atoms with Crippen molar-refractivity contribution in [2.75, 3.05) is 0 Å². The van der Waals surface area contributed by atoms with Gasteiger partial charge in [-0.25, -0.2) is 0 Å². The van der Waals surface area contributed by atoms with Gasteiger partial charge in [0.15, 0.2) is 0 Å². The molecule has 0 bridgehead atoms. The Hall–Kier alpha value is -2.02. The van der Waals surface area contributed by atoms with E-state index in [2.05, 4.69) is 67.4 Å². The molecule has 0 radical (unpaired) electrons. The van der Waals surface area contributed by atoms with Crippen LogP contribution in [0.5, 0.6) is 0 Å². The number of nitrogens with one attached hydrogen (secondary N) is 1. The highest BCUT2D eigenvalue weighted by Gasteiger charge is 2.11. The van der Waals surface area contributed by atoms with Crippen LogP contribution in [0.2, 0.25) is 0 Å². The summed E-state index contributed by atoms with van der Waals surface area (Å²) >= 11 is 0. The molecule has 3 rings (SSSR count). The first kappa shape index (κ1) is 10.2. The van der Waals surface area contributed by atoms with Gasteiger partial charge in [-0.3, -0.25) is 0 Å². The van der Waals surface area contributed by atoms with Crippen LogP contribution >= 0.6 is 0 Å². The number of hydrogen-bond acceptors (Lipinski definition) is 0. The Bertz CT molecular complexity index is 677. The molecule has 0 unspecified atom stereocenters. The Morgan fingerprint density at radius 3 is 2.35 bits per heavy atom. The Balaban J connectivity index is 2.38. The van der Waals surface area contributed by atoms with E-state index < -0.39 is 0 Å². The van der Waals surface area contributed by atoms with Crippen LogP contribution in [0.3, 0.4) is 0 Å². The molecule has 0 spiro atoms. The van der Waals surface area contributed by atoms with Gasteiger partial charge in [-0.05, 0) is 31.0 Å². The van der Waals surface area contributed by atoms with Gasteiger partial charge in [0.1, 0.15) is 0 Å². The molecular weight excluding hydrogens is 206 g/mol. The summed E-state index contributed by atoms with van der Waals surface area (Å²) in [6.45, 7) is 4.30. The third kappa shape index (κ3) is 1.55. The molecule has 1 nitrogen and oxygen atoms in total. The summed E-state index contributed by atoms with van der Waals surface area (Å²) in [4.78, 5) is 3.45. The summed E-state index contributed by atoms with van der Waals surface area (Å²) < 4.78 is 0. The van der Waals surface area contributed by atoms with Crippen molar-refractivity contribution in [3.63, 3.8) is 0 Å². The van der Waals surface area contributed by atoms with E-state index in [-0.39, 0.29) is 0 Å². The van der Waals surface area contributed by atoms with Gasteiger partial charge in [0.2, 0.25) is 0 Å². The van der Waals surface area contributed by atoms with Crippen LogP contribution in [0, 0.1) is 13.8 Å². The zero-order valence-corrected chi connectivity index (χ0v) is 10.1. The lowest BCUT2D eigenvalue weighted by Gasteiger charge is -2.05. The largest absolute Gasteiger partial charge is 0.358 e. The summed E-state index contributed by atoms with van der Waals surface area (Å²) in [6.07, 6.45) is 0. The van der Waals surface area contributed by atoms with Crippen molar-refractivity contribution in [1.82, 2.24) is 4.98 Å². The molecule has 1 heteroatoms. The van der Waals surface area contributed by atoms with E-state index in [0.29, 0.717) is 0 Å². The van der Waals surface area contributed by atoms with Gasteiger partial charge in [-0.15, -0.1) is 0 Å². The number of rotatable bonds is 1. The quantitative estimate of drug-likeness (QED) is 0.624. The molecule has 0 amide bonds. The average molecular weight is 221 g/mol. The minimum atomic E-state index is 1.21. The second-order valence-corrected chi connectivity index (χ2v) is 4.49. The highest BCUT2D eigenvalue weighted by atomic mass is 14.7. The Labute approximate surface area is 101 Å². The van der Waals surface area contributed by atoms with Gasteiger partial charge in [0, 0.05) is 22.2 Å². The van der Waals surface area contributed by atoms with E-state index in [4.69, 9.17) is 0 Å². The van der Waals surface area contributed by atoms with Crippen LogP contribution in [0.4, 0.5) is 0 Å². The topological polar surface area (TPSA) is 15.8 Å². The number of H-pyrrole nitrogens is 1. The first-order chi connectivity index (χ1) is 8.27. The van der Waals surface area contributed by atoms with Crippen LogP contribution in [0.25, 0.3) is 22.0 Å². The Kier molecular flexibility index (Phi) is 2.25. The lowest BCUT2D eigenvalue weighted by molar-refractivity contribution is 1.29. The van der Waals surface area contributed by atoms with Gasteiger partial charge in [0.05, 0.1) is 0 Å². The highest BCUT2D eigenvalue weighted by Crippen LogP contribution is 2.33. The molecule has 1 N–H and O–H groups in total. The fourth-order valence-corrected chi connectivity index (χ4v) is 2.48. The maximum absolute atomic E-state index is 3.45. The molecule has 2 aromatic carbocycles. The van der Waals surface area contributed by atoms with Gasteiger partial charge in [-0.1, -0.05) is 42.5 Å². The smallest absolute Gasteiger partial charge is 0.0462 e. The second-order valence-electron chi connectivity index (χ2n) is 4.49. The first-order valence-corrected chi connectivity index (χ1v) is 5.90. The van der Waals surface area contributed by atoms with Crippen LogP contribution in [0.15, 0.2) is 48.5 Å². The maximum Gasteiger partial charge on any atom is 0.0462 e. The third-order valence-corrected chi connectivity index (χ3v) is 3.31. The lowest BCUT2D eigenvalue weighted by Crippen LogP contribution is -1.83. The highest BCUT2D eigenvalue weighted by molar-refractivity contribution is 5.98. The van der Waals surface area contributed by atoms with E-state index >= 15 is 0 Å². The van der Waals surface area contributed by atoms with E-state index in [9.17, 15) is 0 Å². The van der Waals surface area contributed by atoms with Crippen LogP contribution in [0.1, 0.15) is 11.3 Å². The normalized spacial score (nSPS) is 10.9. The van der Waals surface area contributed by atoms with Crippen LogP contribution < -0.4 is 0 Å². The van der Waals surface area contributed by atoms with E-state index in [1.165, 1.54) is 33.3 Å². The summed E-state index contributed by atoms with van der Waals surface area (Å²) in [5.74, 6) is 0. The maximum atomic E-state index is 3.45. The zero-order valence-electron chi connectivity index (χ0n) is 10.1. The fraction of sp³-hybridized carbons (Fsp3) is 0.125. The van der Waals surface area contributed by atoms with Crippen molar-refractivity contribution in [2.24, 2.45) is 0 Å². The minimum absolute atomic E-state index is 1.21. The monoisotopic (exact) mass is 221 g/mol. The SMILES string of the molecule is Cc1ccccc1-c1c(C)[nH]c2ccccc12. The summed E-state index contributed by atoms with van der Waals surface area (Å²) in [5.41, 5.74) is 6.42. The predicted molar refractivity (Wildman–Crippen MR) is 73.2 cm³/mol. The Morgan fingerprint density at radius 1 is 0.824 bits per heavy atom. The molecule has 84 valence electrons. The third-order valence-electron chi connectivity index (χ3n) is 3.31. The molecular formula is C16H15N. The molecule has 0 saturated heterocycles. The molecule has 0 aliphatic rings. The number of aromatic nitrogens is 1. The summed E-state index contributed by atoms with van der Waals surface area (Å²) in [6, 6.07) is 17.0. The van der Waals surface area contributed by atoms with Crippen molar-refractivity contribution < 1.29 is 0 Å². The zero-order chi connectivity index (χ0) is 11.8. The first-order valence-electron chi connectivity index (χ1n) is 5.90. The molecule has 1 aromatic heterocycles. The standard InChI is InChI=1S/C16H15N/c1-11-7-3-4-8-13(11)16-12(2)17-15-10-6-5-9-14(15)16/h3-10,17H,1-2H3. The van der Waals surface area contributed by atoms with Gasteiger partial charge >= 0.3 is 0 Å². The molecule has 17 heavy (non-hydrogen) atoms. The van der Waals surface area contributed by atoms with Crippen molar-refractivity contribution in [3.8, 4) is 11.1 Å². The summed E-state index contributed by atoms with van der Waals surface area (Å²) in [5, 5.41) is 1.30. The van der Waals surface area contributed by atoms with E-state index in [1.54, 1.807) is 0 Å². The van der Waals surface area contributed by atoms with Crippen molar-refractivity contribution in [2.45, 2.75) is 13.8 Å². The second kappa shape index (κ2) is 3.77. The molecule has 0 aliphatic carbocycles. The number of benzene rings is 2. The number of para-hydroxylation sites is 1. The van der Waals surface area contributed by atoms with Crippen molar-refractivity contribution in [3.05, 3.63) is 59.8 Å². The average Bonchev–Trinajstić information content (AvgIpc) is 2.66.